The van der Waals surface area contributed by atoms with Crippen LogP contribution in [0.2, 0.25) is 0 Å². The summed E-state index contributed by atoms with van der Waals surface area (Å²) < 4.78 is 5.07. The monoisotopic (exact) mass is 265 g/mol. The molecule has 0 spiro atoms. The maximum absolute atomic E-state index is 10.8. The van der Waals surface area contributed by atoms with E-state index in [0.717, 1.165) is 0 Å². The van der Waals surface area contributed by atoms with E-state index in [9.17, 15) is 10.1 Å². The Morgan fingerprint density at radius 2 is 2.05 bits per heavy atom. The fourth-order valence-corrected chi connectivity index (χ4v) is 1.43. The van der Waals surface area contributed by atoms with Crippen LogP contribution < -0.4 is 4.74 Å². The maximum Gasteiger partial charge on any atom is 0.311 e. The number of nitro groups is 1. The van der Waals surface area contributed by atoms with E-state index in [-0.39, 0.29) is 11.4 Å². The third-order valence-electron chi connectivity index (χ3n) is 2.10. The van der Waals surface area contributed by atoms with Crippen LogP contribution in [0.15, 0.2) is 28.2 Å². The second-order valence-electron chi connectivity index (χ2n) is 3.05. The van der Waals surface area contributed by atoms with Gasteiger partial charge in [0, 0.05) is 19.3 Å². The van der Waals surface area contributed by atoms with Gasteiger partial charge in [0.25, 0.3) is 0 Å². The number of para-hydroxylation sites is 1. The molecule has 0 saturated heterocycles. The molecule has 0 aliphatic carbocycles. The highest BCUT2D eigenvalue weighted by Crippen LogP contribution is 2.31. The summed E-state index contributed by atoms with van der Waals surface area (Å²) in [5, 5.41) is 10.8. The molecule has 0 N–H and O–H groups in total. The highest BCUT2D eigenvalue weighted by molar-refractivity contribution is 6.05. The molecule has 104 valence electrons. The molecule has 0 aliphatic rings. The third kappa shape index (κ3) is 4.17. The molecule has 1 aromatic carbocycles. The van der Waals surface area contributed by atoms with E-state index in [0.29, 0.717) is 11.4 Å². The lowest BCUT2D eigenvalue weighted by atomic mass is 10.1. The molecule has 1 aromatic rings. The summed E-state index contributed by atoms with van der Waals surface area (Å²) in [5.41, 5.74) is 0.403. The van der Waals surface area contributed by atoms with Crippen LogP contribution in [-0.4, -0.2) is 31.1 Å². The van der Waals surface area contributed by atoms with Crippen molar-refractivity contribution in [1.82, 2.24) is 0 Å². The van der Waals surface area contributed by atoms with Gasteiger partial charge >= 0.3 is 5.69 Å². The zero-order valence-electron chi connectivity index (χ0n) is 11.9. The van der Waals surface area contributed by atoms with Crippen LogP contribution in [0, 0.1) is 10.1 Å². The van der Waals surface area contributed by atoms with Gasteiger partial charge in [-0.15, -0.1) is 0 Å². The predicted octanol–water partition coefficient (Wildman–Crippen LogP) is 3.10. The van der Waals surface area contributed by atoms with Crippen LogP contribution in [0.3, 0.4) is 0 Å². The summed E-state index contributed by atoms with van der Waals surface area (Å²) in [7, 11) is 2.95. The van der Waals surface area contributed by atoms with Gasteiger partial charge in [0.1, 0.15) is 0 Å². The van der Waals surface area contributed by atoms with Crippen LogP contribution in [0.5, 0.6) is 5.75 Å². The zero-order valence-corrected chi connectivity index (χ0v) is 11.9. The number of hydrogen-bond donors (Lipinski definition) is 0. The molecule has 0 aliphatic heterocycles. The molecule has 0 atom stereocenters. The number of hydrogen-bond acceptors (Lipinski definition) is 4. The van der Waals surface area contributed by atoms with E-state index in [1.165, 1.54) is 13.2 Å². The molecule has 6 heteroatoms. The van der Waals surface area contributed by atoms with Gasteiger partial charge in [0.2, 0.25) is 5.75 Å². The normalized spacial score (nSPS) is 10.9. The first kappa shape index (κ1) is 16.8. The Morgan fingerprint density at radius 1 is 1.42 bits per heavy atom. The van der Waals surface area contributed by atoms with Crippen LogP contribution in [-0.2, 0) is 0 Å². The van der Waals surface area contributed by atoms with Crippen molar-refractivity contribution in [2.75, 3.05) is 14.2 Å². The molecule has 6 nitrogen and oxygen atoms in total. The Hall–Kier alpha value is -2.24. The van der Waals surface area contributed by atoms with Crippen molar-refractivity contribution in [2.45, 2.75) is 20.8 Å². The number of aliphatic imine (C=N–C) groups is 2. The molecule has 0 fully saturated rings. The fraction of sp³-hybridized carbons (Fsp3) is 0.385. The Morgan fingerprint density at radius 3 is 2.47 bits per heavy atom. The summed E-state index contributed by atoms with van der Waals surface area (Å²) in [6, 6.07) is 4.64. The lowest BCUT2D eigenvalue weighted by Gasteiger charge is -2.07. The van der Waals surface area contributed by atoms with Gasteiger partial charge in [-0.25, -0.2) is 4.99 Å². The summed E-state index contributed by atoms with van der Waals surface area (Å²) in [6.07, 6.45) is 1.57. The minimum absolute atomic E-state index is 0.0996. The first-order chi connectivity index (χ1) is 9.15. The van der Waals surface area contributed by atoms with Crippen molar-refractivity contribution < 1.29 is 9.66 Å². The minimum atomic E-state index is -0.495. The Bertz CT molecular complexity index is 482. The average Bonchev–Trinajstić information content (AvgIpc) is 2.45. The number of amidine groups is 1. The Kier molecular flexibility index (Phi) is 7.76. The Balaban J connectivity index is 0.00000154. The standard InChI is InChI=1S/C11H13N3O3.C2H6/c1-4-13-11(12-2)8-6-5-7-9(14(15)16)10(8)17-3;1-2/h4-7H,1-3H3;1-2H3. The van der Waals surface area contributed by atoms with Crippen molar-refractivity contribution in [1.29, 1.82) is 0 Å². The van der Waals surface area contributed by atoms with Gasteiger partial charge in [0.15, 0.2) is 5.84 Å². The van der Waals surface area contributed by atoms with Gasteiger partial charge in [-0.1, -0.05) is 19.9 Å². The second-order valence-corrected chi connectivity index (χ2v) is 3.05. The zero-order chi connectivity index (χ0) is 14.8. The first-order valence-electron chi connectivity index (χ1n) is 5.93. The maximum atomic E-state index is 10.8. The fourth-order valence-electron chi connectivity index (χ4n) is 1.43. The molecule has 0 radical (unpaired) electrons. The van der Waals surface area contributed by atoms with Crippen LogP contribution >= 0.6 is 0 Å². The highest BCUT2D eigenvalue weighted by atomic mass is 16.6. The van der Waals surface area contributed by atoms with Crippen molar-refractivity contribution in [2.24, 2.45) is 9.98 Å². The minimum Gasteiger partial charge on any atom is -0.490 e. The van der Waals surface area contributed by atoms with E-state index in [2.05, 4.69) is 9.98 Å². The van der Waals surface area contributed by atoms with Gasteiger partial charge in [-0.3, -0.25) is 15.1 Å². The first-order valence-corrected chi connectivity index (χ1v) is 5.93. The van der Waals surface area contributed by atoms with Crippen molar-refractivity contribution in [3.8, 4) is 5.75 Å². The largest absolute Gasteiger partial charge is 0.490 e. The predicted molar refractivity (Wildman–Crippen MR) is 77.6 cm³/mol. The number of nitrogens with zero attached hydrogens (tertiary/aromatic N) is 3. The number of ether oxygens (including phenoxy) is 1. The van der Waals surface area contributed by atoms with Crippen molar-refractivity contribution in [3.63, 3.8) is 0 Å². The lowest BCUT2D eigenvalue weighted by Crippen LogP contribution is -2.03. The second kappa shape index (κ2) is 8.79. The van der Waals surface area contributed by atoms with E-state index in [4.69, 9.17) is 4.74 Å². The number of methoxy groups -OCH3 is 1. The van der Waals surface area contributed by atoms with E-state index in [1.807, 2.05) is 13.8 Å². The van der Waals surface area contributed by atoms with Crippen molar-refractivity contribution in [3.05, 3.63) is 33.9 Å². The third-order valence-corrected chi connectivity index (χ3v) is 2.10. The van der Waals surface area contributed by atoms with Crippen molar-refractivity contribution >= 4 is 17.7 Å². The molecule has 0 unspecified atom stereocenters. The van der Waals surface area contributed by atoms with Crippen LogP contribution in [0.1, 0.15) is 26.3 Å². The molecule has 19 heavy (non-hydrogen) atoms. The molecule has 0 heterocycles. The van der Waals surface area contributed by atoms with E-state index < -0.39 is 4.92 Å². The topological polar surface area (TPSA) is 77.1 Å². The number of benzene rings is 1. The number of nitro benzene ring substituents is 1. The highest BCUT2D eigenvalue weighted by Gasteiger charge is 2.20. The van der Waals surface area contributed by atoms with Gasteiger partial charge in [-0.2, -0.15) is 0 Å². The summed E-state index contributed by atoms with van der Waals surface area (Å²) in [5.74, 6) is 0.566. The van der Waals surface area contributed by atoms with Gasteiger partial charge < -0.3 is 4.74 Å². The molecular formula is C13H19N3O3. The van der Waals surface area contributed by atoms with E-state index in [1.54, 1.807) is 32.3 Å². The average molecular weight is 265 g/mol. The smallest absolute Gasteiger partial charge is 0.311 e. The van der Waals surface area contributed by atoms with Crippen LogP contribution in [0.25, 0.3) is 0 Å². The molecule has 1 rings (SSSR count). The Labute approximate surface area is 113 Å². The van der Waals surface area contributed by atoms with Gasteiger partial charge in [-0.05, 0) is 13.0 Å². The molecule has 0 aromatic heterocycles. The molecule has 0 bridgehead atoms. The summed E-state index contributed by atoms with van der Waals surface area (Å²) in [4.78, 5) is 18.4. The van der Waals surface area contributed by atoms with Gasteiger partial charge in [0.05, 0.1) is 17.6 Å². The molecule has 0 saturated carbocycles. The SMILES string of the molecule is CC.CC=NC(=NC)c1cccc([N+](=O)[O-])c1OC. The quantitative estimate of drug-likeness (QED) is 0.364. The summed E-state index contributed by atoms with van der Waals surface area (Å²) >= 11 is 0. The molecular weight excluding hydrogens is 246 g/mol. The summed E-state index contributed by atoms with van der Waals surface area (Å²) in [6.45, 7) is 5.75. The lowest BCUT2D eigenvalue weighted by molar-refractivity contribution is -0.385. The van der Waals surface area contributed by atoms with E-state index >= 15 is 0 Å². The van der Waals surface area contributed by atoms with Crippen LogP contribution in [0.4, 0.5) is 5.69 Å². The molecule has 0 amide bonds. The number of rotatable bonds is 3.